The van der Waals surface area contributed by atoms with Gasteiger partial charge in [-0.2, -0.15) is 8.42 Å². The highest BCUT2D eigenvalue weighted by Crippen LogP contribution is 2.27. The summed E-state index contributed by atoms with van der Waals surface area (Å²) in [6.07, 6.45) is 1.17. The molecule has 0 spiro atoms. The van der Waals surface area contributed by atoms with Gasteiger partial charge in [0.1, 0.15) is 0 Å². The highest BCUT2D eigenvalue weighted by atomic mass is 32.3. The Morgan fingerprint density at radius 2 is 1.75 bits per heavy atom. The summed E-state index contributed by atoms with van der Waals surface area (Å²) in [5, 5.41) is 0. The molecule has 0 fully saturated rings. The average molecular weight is 197 g/mol. The maximum absolute atomic E-state index is 12.4. The van der Waals surface area contributed by atoms with E-state index in [0.29, 0.717) is 12.8 Å². The Morgan fingerprint density at radius 3 is 1.83 bits per heavy atom. The van der Waals surface area contributed by atoms with Crippen molar-refractivity contribution in [2.75, 3.05) is 12.3 Å². The summed E-state index contributed by atoms with van der Waals surface area (Å²) < 4.78 is 33.2. The number of nitrogens with two attached hydrogens (primary N) is 1. The number of rotatable bonds is 5. The van der Waals surface area contributed by atoms with Gasteiger partial charge in [0.2, 0.25) is 0 Å². The molecule has 3 nitrogen and oxygen atoms in total. The summed E-state index contributed by atoms with van der Waals surface area (Å²) >= 11 is 0. The van der Waals surface area contributed by atoms with Gasteiger partial charge in [0.15, 0.2) is 0 Å². The molecule has 0 rings (SSSR count). The molecular formula is C7H16FNO2S. The molecule has 0 aromatic rings. The van der Waals surface area contributed by atoms with E-state index in [9.17, 15) is 12.3 Å². The van der Waals surface area contributed by atoms with E-state index in [4.69, 9.17) is 5.73 Å². The summed E-state index contributed by atoms with van der Waals surface area (Å²) in [5.74, 6) is -0.455. The molecule has 2 N–H and O–H groups in total. The van der Waals surface area contributed by atoms with Crippen molar-refractivity contribution >= 4 is 10.2 Å². The standard InChI is InChI=1S/C7H16FNO2S/c1-3-7(4-2,5-9)6-12(8,10)11/h3-6,9H2,1-2H3. The first-order valence-electron chi connectivity index (χ1n) is 4.01. The third-order valence-electron chi connectivity index (χ3n) is 2.41. The second-order valence-electron chi connectivity index (χ2n) is 3.09. The third kappa shape index (κ3) is 3.49. The van der Waals surface area contributed by atoms with Crippen LogP contribution in [0.5, 0.6) is 0 Å². The zero-order valence-corrected chi connectivity index (χ0v) is 8.32. The Bertz CT molecular complexity index is 213. The van der Waals surface area contributed by atoms with E-state index in [1.807, 2.05) is 13.8 Å². The maximum atomic E-state index is 12.4. The van der Waals surface area contributed by atoms with E-state index in [1.54, 1.807) is 0 Å². The van der Waals surface area contributed by atoms with Crippen LogP contribution in [0.15, 0.2) is 0 Å². The number of hydrogen-bond acceptors (Lipinski definition) is 3. The number of hydrogen-bond donors (Lipinski definition) is 1. The van der Waals surface area contributed by atoms with Gasteiger partial charge in [-0.3, -0.25) is 0 Å². The summed E-state index contributed by atoms with van der Waals surface area (Å²) in [5.41, 5.74) is 4.83. The Labute approximate surface area is 73.4 Å². The molecule has 0 saturated heterocycles. The van der Waals surface area contributed by atoms with E-state index in [2.05, 4.69) is 0 Å². The van der Waals surface area contributed by atoms with Gasteiger partial charge in [-0.1, -0.05) is 13.8 Å². The lowest BCUT2D eigenvalue weighted by Crippen LogP contribution is -2.35. The fourth-order valence-electron chi connectivity index (χ4n) is 1.17. The highest BCUT2D eigenvalue weighted by Gasteiger charge is 2.30. The molecule has 0 aromatic heterocycles. The molecule has 0 aliphatic carbocycles. The molecular weight excluding hydrogens is 181 g/mol. The first-order chi connectivity index (χ1) is 5.39. The molecule has 0 atom stereocenters. The second kappa shape index (κ2) is 4.18. The molecule has 12 heavy (non-hydrogen) atoms. The van der Waals surface area contributed by atoms with Crippen LogP contribution in [0.3, 0.4) is 0 Å². The van der Waals surface area contributed by atoms with Crippen molar-refractivity contribution in [1.82, 2.24) is 0 Å². The lowest BCUT2D eigenvalue weighted by Gasteiger charge is -2.27. The zero-order valence-electron chi connectivity index (χ0n) is 7.51. The Kier molecular flexibility index (Phi) is 4.13. The molecule has 0 aliphatic heterocycles. The van der Waals surface area contributed by atoms with Crippen molar-refractivity contribution in [3.05, 3.63) is 0 Å². The van der Waals surface area contributed by atoms with Crippen LogP contribution in [0.1, 0.15) is 26.7 Å². The van der Waals surface area contributed by atoms with Crippen LogP contribution in [0.4, 0.5) is 3.89 Å². The Hall–Kier alpha value is -0.160. The minimum atomic E-state index is -4.40. The molecule has 0 aromatic carbocycles. The van der Waals surface area contributed by atoms with Gasteiger partial charge in [-0.25, -0.2) is 0 Å². The maximum Gasteiger partial charge on any atom is 0.303 e. The summed E-state index contributed by atoms with van der Waals surface area (Å²) in [6.45, 7) is 3.85. The van der Waals surface area contributed by atoms with E-state index < -0.39 is 21.4 Å². The summed E-state index contributed by atoms with van der Waals surface area (Å²) in [4.78, 5) is 0. The second-order valence-corrected chi connectivity index (χ2v) is 4.46. The van der Waals surface area contributed by atoms with Crippen molar-refractivity contribution in [3.8, 4) is 0 Å². The molecule has 0 amide bonds. The Morgan fingerprint density at radius 1 is 1.33 bits per heavy atom. The average Bonchev–Trinajstić information content (AvgIpc) is 1.99. The normalized spacial score (nSPS) is 13.3. The lowest BCUT2D eigenvalue weighted by molar-refractivity contribution is 0.308. The van der Waals surface area contributed by atoms with Gasteiger partial charge in [0, 0.05) is 0 Å². The largest absolute Gasteiger partial charge is 0.330 e. The first-order valence-corrected chi connectivity index (χ1v) is 5.57. The summed E-state index contributed by atoms with van der Waals surface area (Å²) in [6, 6.07) is 0. The van der Waals surface area contributed by atoms with Crippen LogP contribution < -0.4 is 5.73 Å². The predicted molar refractivity (Wildman–Crippen MR) is 47.0 cm³/mol. The van der Waals surface area contributed by atoms with E-state index in [1.165, 1.54) is 0 Å². The van der Waals surface area contributed by atoms with Crippen LogP contribution >= 0.6 is 0 Å². The molecule has 74 valence electrons. The van der Waals surface area contributed by atoms with E-state index >= 15 is 0 Å². The number of halogens is 1. The van der Waals surface area contributed by atoms with Gasteiger partial charge in [0.25, 0.3) is 0 Å². The fraction of sp³-hybridized carbons (Fsp3) is 1.00. The molecule has 0 radical (unpaired) electrons. The van der Waals surface area contributed by atoms with E-state index in [-0.39, 0.29) is 6.54 Å². The van der Waals surface area contributed by atoms with Crippen molar-refractivity contribution in [1.29, 1.82) is 0 Å². The van der Waals surface area contributed by atoms with Crippen LogP contribution in [0.2, 0.25) is 0 Å². The van der Waals surface area contributed by atoms with Crippen molar-refractivity contribution in [2.45, 2.75) is 26.7 Å². The van der Waals surface area contributed by atoms with Crippen molar-refractivity contribution in [2.24, 2.45) is 11.1 Å². The first kappa shape index (κ1) is 11.8. The van der Waals surface area contributed by atoms with E-state index in [0.717, 1.165) is 0 Å². The monoisotopic (exact) mass is 197 g/mol. The minimum absolute atomic E-state index is 0.211. The zero-order chi connectivity index (χ0) is 9.83. The van der Waals surface area contributed by atoms with Gasteiger partial charge < -0.3 is 5.73 Å². The highest BCUT2D eigenvalue weighted by molar-refractivity contribution is 7.86. The van der Waals surface area contributed by atoms with Gasteiger partial charge >= 0.3 is 10.2 Å². The topological polar surface area (TPSA) is 60.2 Å². The van der Waals surface area contributed by atoms with Crippen LogP contribution in [-0.4, -0.2) is 20.7 Å². The Balaban J connectivity index is 4.52. The quantitative estimate of drug-likeness (QED) is 0.670. The van der Waals surface area contributed by atoms with Gasteiger partial charge in [0.05, 0.1) is 5.75 Å². The molecule has 0 saturated carbocycles. The fourth-order valence-corrected chi connectivity index (χ4v) is 2.43. The minimum Gasteiger partial charge on any atom is -0.330 e. The van der Waals surface area contributed by atoms with Crippen LogP contribution in [-0.2, 0) is 10.2 Å². The van der Waals surface area contributed by atoms with Crippen LogP contribution in [0.25, 0.3) is 0 Å². The molecule has 0 unspecified atom stereocenters. The van der Waals surface area contributed by atoms with Crippen molar-refractivity contribution < 1.29 is 12.3 Å². The third-order valence-corrected chi connectivity index (χ3v) is 3.37. The van der Waals surface area contributed by atoms with Gasteiger partial charge in [-0.05, 0) is 24.8 Å². The van der Waals surface area contributed by atoms with Crippen molar-refractivity contribution in [3.63, 3.8) is 0 Å². The molecule has 5 heteroatoms. The molecule has 0 aliphatic rings. The van der Waals surface area contributed by atoms with Gasteiger partial charge in [-0.15, -0.1) is 3.89 Å². The SMILES string of the molecule is CCC(CC)(CN)CS(=O)(=O)F. The smallest absolute Gasteiger partial charge is 0.303 e. The summed E-state index contributed by atoms with van der Waals surface area (Å²) in [7, 11) is -4.40. The lowest BCUT2D eigenvalue weighted by atomic mass is 9.85. The molecule has 0 heterocycles. The molecule has 0 bridgehead atoms. The predicted octanol–water partition coefficient (Wildman–Crippen LogP) is 1.05. The van der Waals surface area contributed by atoms with Crippen LogP contribution in [0, 0.1) is 5.41 Å².